The van der Waals surface area contributed by atoms with Gasteiger partial charge < -0.3 is 15.0 Å². The number of nitrogens with zero attached hydrogens (tertiary/aromatic N) is 1. The third-order valence-electron chi connectivity index (χ3n) is 3.41. The highest BCUT2D eigenvalue weighted by Crippen LogP contribution is 2.26. The van der Waals surface area contributed by atoms with Gasteiger partial charge in [-0.3, -0.25) is 4.79 Å². The molecule has 2 amide bonds. The number of carbonyl (C=O) groups excluding carboxylic acids is 2. The van der Waals surface area contributed by atoms with E-state index >= 15 is 0 Å². The highest BCUT2D eigenvalue weighted by atomic mass is 35.5. The Hall–Kier alpha value is -1.46. The van der Waals surface area contributed by atoms with Crippen molar-refractivity contribution >= 4 is 40.9 Å². The normalized spacial score (nSPS) is 18.2. The smallest absolute Gasteiger partial charge is 0.321 e. The number of hydrogen-bond acceptors (Lipinski definition) is 3. The molecule has 1 aliphatic rings. The van der Waals surface area contributed by atoms with Gasteiger partial charge in [-0.25, -0.2) is 4.79 Å². The molecule has 0 spiro atoms. The molecule has 0 aromatic heterocycles. The lowest BCUT2D eigenvalue weighted by molar-refractivity contribution is -0.146. The standard InChI is InChI=1S/C14H16Cl2N2O3/c1-21-13(19)9-3-2-6-18(8-9)14(20)17-12-7-10(15)4-5-11(12)16/h4-5,7,9H,2-3,6,8H2,1H3,(H,17,20). The molecule has 1 N–H and O–H groups in total. The maximum Gasteiger partial charge on any atom is 0.321 e. The molecule has 1 fully saturated rings. The number of urea groups is 1. The summed E-state index contributed by atoms with van der Waals surface area (Å²) < 4.78 is 4.74. The molecular weight excluding hydrogens is 315 g/mol. The van der Waals surface area contributed by atoms with E-state index in [0.717, 1.165) is 12.8 Å². The number of hydrogen-bond donors (Lipinski definition) is 1. The van der Waals surface area contributed by atoms with Crippen molar-refractivity contribution in [3.8, 4) is 0 Å². The molecule has 2 rings (SSSR count). The average Bonchev–Trinajstić information content (AvgIpc) is 2.50. The Bertz CT molecular complexity index is 551. The maximum atomic E-state index is 12.2. The Kier molecular flexibility index (Phi) is 5.31. The number of amides is 2. The number of likely N-dealkylation sites (tertiary alicyclic amines) is 1. The molecule has 7 heteroatoms. The molecule has 0 radical (unpaired) electrons. The monoisotopic (exact) mass is 330 g/mol. The number of halogens is 2. The molecule has 1 saturated heterocycles. The molecule has 1 aliphatic heterocycles. The van der Waals surface area contributed by atoms with Crippen molar-refractivity contribution in [2.75, 3.05) is 25.5 Å². The molecule has 1 heterocycles. The zero-order chi connectivity index (χ0) is 15.4. The second-order valence-electron chi connectivity index (χ2n) is 4.86. The second kappa shape index (κ2) is 7.00. The van der Waals surface area contributed by atoms with Gasteiger partial charge in [0.2, 0.25) is 0 Å². The zero-order valence-corrected chi connectivity index (χ0v) is 13.1. The number of benzene rings is 1. The number of anilines is 1. The van der Waals surface area contributed by atoms with Crippen LogP contribution < -0.4 is 5.32 Å². The van der Waals surface area contributed by atoms with Gasteiger partial charge in [0.15, 0.2) is 0 Å². The summed E-state index contributed by atoms with van der Waals surface area (Å²) in [5.41, 5.74) is 0.453. The minimum absolute atomic E-state index is 0.274. The van der Waals surface area contributed by atoms with E-state index in [0.29, 0.717) is 28.8 Å². The van der Waals surface area contributed by atoms with Gasteiger partial charge in [0.05, 0.1) is 23.7 Å². The minimum Gasteiger partial charge on any atom is -0.469 e. The lowest BCUT2D eigenvalue weighted by atomic mass is 9.98. The van der Waals surface area contributed by atoms with Crippen LogP contribution in [0.2, 0.25) is 10.0 Å². The molecule has 21 heavy (non-hydrogen) atoms. The quantitative estimate of drug-likeness (QED) is 0.845. The second-order valence-corrected chi connectivity index (χ2v) is 5.71. The number of methoxy groups -OCH3 is 1. The van der Waals surface area contributed by atoms with Crippen LogP contribution in [0.15, 0.2) is 18.2 Å². The molecule has 1 atom stereocenters. The Morgan fingerprint density at radius 3 is 2.86 bits per heavy atom. The van der Waals surface area contributed by atoms with Crippen LogP contribution in [-0.4, -0.2) is 37.1 Å². The Morgan fingerprint density at radius 2 is 2.14 bits per heavy atom. The van der Waals surface area contributed by atoms with Crippen LogP contribution in [0.5, 0.6) is 0 Å². The predicted molar refractivity (Wildman–Crippen MR) is 81.8 cm³/mol. The molecule has 0 aliphatic carbocycles. The molecule has 0 saturated carbocycles. The number of carbonyl (C=O) groups is 2. The Morgan fingerprint density at radius 1 is 1.38 bits per heavy atom. The van der Waals surface area contributed by atoms with E-state index in [9.17, 15) is 9.59 Å². The Labute approximate surface area is 133 Å². The third-order valence-corrected chi connectivity index (χ3v) is 3.98. The highest BCUT2D eigenvalue weighted by molar-refractivity contribution is 6.35. The van der Waals surface area contributed by atoms with Crippen molar-refractivity contribution in [2.24, 2.45) is 5.92 Å². The molecule has 1 unspecified atom stereocenters. The fourth-order valence-corrected chi connectivity index (χ4v) is 2.65. The third kappa shape index (κ3) is 4.02. The molecule has 5 nitrogen and oxygen atoms in total. The van der Waals surface area contributed by atoms with Crippen LogP contribution in [0.4, 0.5) is 10.5 Å². The molecular formula is C14H16Cl2N2O3. The van der Waals surface area contributed by atoms with Crippen LogP contribution >= 0.6 is 23.2 Å². The average molecular weight is 331 g/mol. The first-order valence-corrected chi connectivity index (χ1v) is 7.35. The van der Waals surface area contributed by atoms with Gasteiger partial charge in [0, 0.05) is 18.1 Å². The van der Waals surface area contributed by atoms with Gasteiger partial charge in [0.25, 0.3) is 0 Å². The van der Waals surface area contributed by atoms with Gasteiger partial charge in [-0.15, -0.1) is 0 Å². The van der Waals surface area contributed by atoms with E-state index in [2.05, 4.69) is 5.32 Å². The van der Waals surface area contributed by atoms with Crippen LogP contribution in [0.25, 0.3) is 0 Å². The van der Waals surface area contributed by atoms with Crippen LogP contribution in [0.1, 0.15) is 12.8 Å². The molecule has 1 aromatic rings. The summed E-state index contributed by atoms with van der Waals surface area (Å²) in [6, 6.07) is 4.55. The number of nitrogens with one attached hydrogen (secondary N) is 1. The van der Waals surface area contributed by atoms with Crippen molar-refractivity contribution in [2.45, 2.75) is 12.8 Å². The summed E-state index contributed by atoms with van der Waals surface area (Å²) >= 11 is 11.9. The van der Waals surface area contributed by atoms with Gasteiger partial charge >= 0.3 is 12.0 Å². The lowest BCUT2D eigenvalue weighted by Crippen LogP contribution is -2.44. The van der Waals surface area contributed by atoms with Crippen LogP contribution in [-0.2, 0) is 9.53 Å². The summed E-state index contributed by atoms with van der Waals surface area (Å²) in [5, 5.41) is 3.61. The number of piperidine rings is 1. The fraction of sp³-hybridized carbons (Fsp3) is 0.429. The van der Waals surface area contributed by atoms with Crippen molar-refractivity contribution in [3.63, 3.8) is 0 Å². The minimum atomic E-state index is -0.298. The lowest BCUT2D eigenvalue weighted by Gasteiger charge is -2.31. The maximum absolute atomic E-state index is 12.2. The molecule has 1 aromatic carbocycles. The van der Waals surface area contributed by atoms with Crippen molar-refractivity contribution in [1.82, 2.24) is 4.90 Å². The predicted octanol–water partition coefficient (Wildman–Crippen LogP) is 3.41. The van der Waals surface area contributed by atoms with E-state index in [1.807, 2.05) is 0 Å². The summed E-state index contributed by atoms with van der Waals surface area (Å²) in [7, 11) is 1.35. The first kappa shape index (κ1) is 15.9. The van der Waals surface area contributed by atoms with Crippen molar-refractivity contribution in [1.29, 1.82) is 0 Å². The van der Waals surface area contributed by atoms with Gasteiger partial charge in [-0.1, -0.05) is 23.2 Å². The first-order valence-electron chi connectivity index (χ1n) is 6.60. The van der Waals surface area contributed by atoms with E-state index in [1.54, 1.807) is 23.1 Å². The largest absolute Gasteiger partial charge is 0.469 e. The van der Waals surface area contributed by atoms with Gasteiger partial charge in [-0.2, -0.15) is 0 Å². The Balaban J connectivity index is 2.02. The first-order chi connectivity index (χ1) is 10.0. The zero-order valence-electron chi connectivity index (χ0n) is 11.6. The SMILES string of the molecule is COC(=O)C1CCCN(C(=O)Nc2cc(Cl)ccc2Cl)C1. The van der Waals surface area contributed by atoms with Crippen LogP contribution in [0, 0.1) is 5.92 Å². The molecule has 114 valence electrons. The summed E-state index contributed by atoms with van der Waals surface area (Å²) in [6.07, 6.45) is 1.49. The molecule has 0 bridgehead atoms. The van der Waals surface area contributed by atoms with Crippen molar-refractivity contribution < 1.29 is 14.3 Å². The fourth-order valence-electron chi connectivity index (χ4n) is 2.31. The van der Waals surface area contributed by atoms with Gasteiger partial charge in [0.1, 0.15) is 0 Å². The number of esters is 1. The number of rotatable bonds is 2. The summed E-state index contributed by atoms with van der Waals surface area (Å²) in [4.78, 5) is 25.4. The van der Waals surface area contributed by atoms with E-state index in [4.69, 9.17) is 27.9 Å². The van der Waals surface area contributed by atoms with E-state index in [1.165, 1.54) is 7.11 Å². The highest BCUT2D eigenvalue weighted by Gasteiger charge is 2.29. The summed E-state index contributed by atoms with van der Waals surface area (Å²) in [5.74, 6) is -0.558. The van der Waals surface area contributed by atoms with E-state index < -0.39 is 0 Å². The topological polar surface area (TPSA) is 58.6 Å². The number of ether oxygens (including phenoxy) is 1. The van der Waals surface area contributed by atoms with Crippen molar-refractivity contribution in [3.05, 3.63) is 28.2 Å². The summed E-state index contributed by atoms with van der Waals surface area (Å²) in [6.45, 7) is 0.939. The van der Waals surface area contributed by atoms with Crippen LogP contribution in [0.3, 0.4) is 0 Å². The van der Waals surface area contributed by atoms with E-state index in [-0.39, 0.29) is 17.9 Å². The van der Waals surface area contributed by atoms with Gasteiger partial charge in [-0.05, 0) is 31.0 Å².